The lowest BCUT2D eigenvalue weighted by Gasteiger charge is -2.27. The maximum atomic E-state index is 3.67. The highest BCUT2D eigenvalue weighted by molar-refractivity contribution is 7.98. The van der Waals surface area contributed by atoms with E-state index < -0.39 is 0 Å². The molecule has 0 heterocycles. The Labute approximate surface area is 99.8 Å². The van der Waals surface area contributed by atoms with Crippen molar-refractivity contribution in [1.82, 2.24) is 5.32 Å². The van der Waals surface area contributed by atoms with E-state index in [1.807, 2.05) is 11.8 Å². The Morgan fingerprint density at radius 1 is 1.20 bits per heavy atom. The monoisotopic (exact) mass is 229 g/mol. The maximum absolute atomic E-state index is 3.67. The Morgan fingerprint density at radius 3 is 2.53 bits per heavy atom. The molecular weight excluding hydrogens is 202 g/mol. The Morgan fingerprint density at radius 2 is 1.93 bits per heavy atom. The van der Waals surface area contributed by atoms with Crippen LogP contribution < -0.4 is 5.32 Å². The highest BCUT2D eigenvalue weighted by Crippen LogP contribution is 2.40. The lowest BCUT2D eigenvalue weighted by atomic mass is 9.83. The van der Waals surface area contributed by atoms with E-state index in [9.17, 15) is 0 Å². The van der Waals surface area contributed by atoms with Crippen molar-refractivity contribution < 1.29 is 0 Å². The largest absolute Gasteiger partial charge is 0.316 e. The summed E-state index contributed by atoms with van der Waals surface area (Å²) in [5, 5.41) is 3.67. The van der Waals surface area contributed by atoms with Gasteiger partial charge in [-0.15, -0.1) is 0 Å². The van der Waals surface area contributed by atoms with E-state index >= 15 is 0 Å². The standard InChI is InChI=1S/C13H27NS/c1-3-13(8-4-5-9-13)12-14-10-6-7-11-15-2/h14H,3-12H2,1-2H3. The molecule has 15 heavy (non-hydrogen) atoms. The average molecular weight is 229 g/mol. The molecule has 1 N–H and O–H groups in total. The van der Waals surface area contributed by atoms with Gasteiger partial charge in [0.25, 0.3) is 0 Å². The van der Waals surface area contributed by atoms with Gasteiger partial charge in [-0.05, 0) is 56.1 Å². The molecule has 1 fully saturated rings. The van der Waals surface area contributed by atoms with Crippen LogP contribution in [0, 0.1) is 5.41 Å². The molecule has 0 aromatic carbocycles. The molecule has 1 saturated carbocycles. The Kier molecular flexibility index (Phi) is 6.74. The third kappa shape index (κ3) is 4.78. The summed E-state index contributed by atoms with van der Waals surface area (Å²) in [4.78, 5) is 0. The van der Waals surface area contributed by atoms with Gasteiger partial charge in [0.1, 0.15) is 0 Å². The lowest BCUT2D eigenvalue weighted by molar-refractivity contribution is 0.269. The number of rotatable bonds is 8. The Balaban J connectivity index is 2.02. The molecule has 0 aromatic heterocycles. The fourth-order valence-electron chi connectivity index (χ4n) is 2.63. The smallest absolute Gasteiger partial charge is 0.000770 e. The van der Waals surface area contributed by atoms with Crippen molar-refractivity contribution in [1.29, 1.82) is 0 Å². The molecule has 0 amide bonds. The van der Waals surface area contributed by atoms with E-state index in [0.29, 0.717) is 5.41 Å². The zero-order valence-electron chi connectivity index (χ0n) is 10.5. The molecule has 0 atom stereocenters. The first-order valence-electron chi connectivity index (χ1n) is 6.53. The van der Waals surface area contributed by atoms with E-state index in [1.165, 1.54) is 63.8 Å². The van der Waals surface area contributed by atoms with Crippen molar-refractivity contribution in [3.05, 3.63) is 0 Å². The van der Waals surface area contributed by atoms with Crippen LogP contribution in [0.25, 0.3) is 0 Å². The van der Waals surface area contributed by atoms with Crippen molar-refractivity contribution in [2.24, 2.45) is 5.41 Å². The molecule has 0 aromatic rings. The zero-order valence-corrected chi connectivity index (χ0v) is 11.3. The van der Waals surface area contributed by atoms with Gasteiger partial charge in [0.15, 0.2) is 0 Å². The molecule has 0 unspecified atom stereocenters. The van der Waals surface area contributed by atoms with Gasteiger partial charge < -0.3 is 5.32 Å². The van der Waals surface area contributed by atoms with Crippen molar-refractivity contribution in [2.75, 3.05) is 25.1 Å². The van der Waals surface area contributed by atoms with Crippen LogP contribution in [-0.2, 0) is 0 Å². The van der Waals surface area contributed by atoms with E-state index in [2.05, 4.69) is 18.5 Å². The summed E-state index contributed by atoms with van der Waals surface area (Å²) in [6, 6.07) is 0. The van der Waals surface area contributed by atoms with Gasteiger partial charge in [-0.3, -0.25) is 0 Å². The number of hydrogen-bond donors (Lipinski definition) is 1. The Bertz CT molecular complexity index is 153. The predicted octanol–water partition coefficient (Wildman–Crippen LogP) is 3.69. The summed E-state index contributed by atoms with van der Waals surface area (Å²) in [5.74, 6) is 1.32. The molecular formula is C13H27NS. The summed E-state index contributed by atoms with van der Waals surface area (Å²) in [7, 11) is 0. The zero-order chi connectivity index (χ0) is 11.0. The molecule has 0 bridgehead atoms. The van der Waals surface area contributed by atoms with Crippen LogP contribution >= 0.6 is 11.8 Å². The van der Waals surface area contributed by atoms with Gasteiger partial charge in [-0.1, -0.05) is 19.8 Å². The molecule has 1 nitrogen and oxygen atoms in total. The van der Waals surface area contributed by atoms with E-state index in [4.69, 9.17) is 0 Å². The normalized spacial score (nSPS) is 19.6. The first kappa shape index (κ1) is 13.4. The molecule has 2 heteroatoms. The van der Waals surface area contributed by atoms with Crippen molar-refractivity contribution in [3.63, 3.8) is 0 Å². The number of nitrogens with one attached hydrogen (secondary N) is 1. The molecule has 1 aliphatic carbocycles. The first-order chi connectivity index (χ1) is 7.33. The van der Waals surface area contributed by atoms with Crippen LogP contribution in [0.1, 0.15) is 51.9 Å². The highest BCUT2D eigenvalue weighted by Gasteiger charge is 2.31. The summed E-state index contributed by atoms with van der Waals surface area (Å²) >= 11 is 1.96. The SMILES string of the molecule is CCC1(CNCCCCSC)CCCC1. The van der Waals surface area contributed by atoms with Gasteiger partial charge >= 0.3 is 0 Å². The maximum Gasteiger partial charge on any atom is 0.000770 e. The van der Waals surface area contributed by atoms with Crippen LogP contribution in [-0.4, -0.2) is 25.1 Å². The quantitative estimate of drug-likeness (QED) is 0.637. The minimum absolute atomic E-state index is 0.666. The summed E-state index contributed by atoms with van der Waals surface area (Å²) < 4.78 is 0. The fraction of sp³-hybridized carbons (Fsp3) is 1.00. The minimum atomic E-state index is 0.666. The lowest BCUT2D eigenvalue weighted by Crippen LogP contribution is -2.32. The van der Waals surface area contributed by atoms with Crippen molar-refractivity contribution in [3.8, 4) is 0 Å². The molecule has 0 radical (unpaired) electrons. The first-order valence-corrected chi connectivity index (χ1v) is 7.92. The summed E-state index contributed by atoms with van der Waals surface area (Å²) in [6.45, 7) is 4.85. The minimum Gasteiger partial charge on any atom is -0.316 e. The number of unbranched alkanes of at least 4 members (excludes halogenated alkanes) is 1. The van der Waals surface area contributed by atoms with Crippen LogP contribution in [0.3, 0.4) is 0 Å². The van der Waals surface area contributed by atoms with E-state index in [1.54, 1.807) is 0 Å². The third-order valence-corrected chi connectivity index (χ3v) is 4.56. The highest BCUT2D eigenvalue weighted by atomic mass is 32.2. The van der Waals surface area contributed by atoms with Gasteiger partial charge in [-0.25, -0.2) is 0 Å². The number of hydrogen-bond acceptors (Lipinski definition) is 2. The molecule has 0 aliphatic heterocycles. The van der Waals surface area contributed by atoms with Gasteiger partial charge in [0, 0.05) is 6.54 Å². The second-order valence-corrected chi connectivity index (χ2v) is 5.92. The third-order valence-electron chi connectivity index (χ3n) is 3.87. The second-order valence-electron chi connectivity index (χ2n) is 4.94. The second kappa shape index (κ2) is 7.56. The van der Waals surface area contributed by atoms with Gasteiger partial charge in [-0.2, -0.15) is 11.8 Å². The molecule has 1 rings (SSSR count). The van der Waals surface area contributed by atoms with Crippen LogP contribution in [0.2, 0.25) is 0 Å². The molecule has 0 saturated heterocycles. The fourth-order valence-corrected chi connectivity index (χ4v) is 3.12. The van der Waals surface area contributed by atoms with Crippen molar-refractivity contribution >= 4 is 11.8 Å². The topological polar surface area (TPSA) is 12.0 Å². The van der Waals surface area contributed by atoms with Crippen LogP contribution in [0.15, 0.2) is 0 Å². The molecule has 90 valence electrons. The molecule has 1 aliphatic rings. The van der Waals surface area contributed by atoms with Crippen molar-refractivity contribution in [2.45, 2.75) is 51.9 Å². The predicted molar refractivity (Wildman–Crippen MR) is 71.7 cm³/mol. The van der Waals surface area contributed by atoms with Gasteiger partial charge in [0.2, 0.25) is 0 Å². The van der Waals surface area contributed by atoms with E-state index in [0.717, 1.165) is 0 Å². The van der Waals surface area contributed by atoms with E-state index in [-0.39, 0.29) is 0 Å². The van der Waals surface area contributed by atoms with Gasteiger partial charge in [0.05, 0.1) is 0 Å². The summed E-state index contributed by atoms with van der Waals surface area (Å²) in [6.07, 6.45) is 12.1. The van der Waals surface area contributed by atoms with Crippen LogP contribution in [0.5, 0.6) is 0 Å². The number of thioether (sulfide) groups is 1. The molecule has 0 spiro atoms. The average Bonchev–Trinajstić information content (AvgIpc) is 2.73. The summed E-state index contributed by atoms with van der Waals surface area (Å²) in [5.41, 5.74) is 0.666. The van der Waals surface area contributed by atoms with Crippen LogP contribution in [0.4, 0.5) is 0 Å². The Hall–Kier alpha value is 0.310.